The number of nitro groups is 1. The third-order valence-corrected chi connectivity index (χ3v) is 2.84. The number of carboxylic acids is 1. The number of nitro benzene ring substituents is 1. The van der Waals surface area contributed by atoms with E-state index in [-0.39, 0.29) is 17.9 Å². The van der Waals surface area contributed by atoms with Gasteiger partial charge in [0.05, 0.1) is 10.5 Å². The smallest absolute Gasteiger partial charge is 0.335 e. The molecule has 2 N–H and O–H groups in total. The van der Waals surface area contributed by atoms with Crippen LogP contribution in [0.2, 0.25) is 0 Å². The molecule has 0 aliphatic rings. The number of ether oxygens (including phenoxy) is 1. The molecule has 0 saturated carbocycles. The van der Waals surface area contributed by atoms with Crippen LogP contribution in [-0.4, -0.2) is 28.0 Å². The third-order valence-electron chi connectivity index (χ3n) is 2.84. The second kappa shape index (κ2) is 9.09. The maximum absolute atomic E-state index is 11.0. The van der Waals surface area contributed by atoms with Crippen molar-refractivity contribution in [3.05, 3.63) is 57.8 Å². The Morgan fingerprint density at radius 2 is 2.08 bits per heavy atom. The molecule has 0 fully saturated rings. The zero-order valence-electron chi connectivity index (χ0n) is 13.6. The van der Waals surface area contributed by atoms with E-state index in [1.165, 1.54) is 12.1 Å². The summed E-state index contributed by atoms with van der Waals surface area (Å²) in [7, 11) is 1.69. The highest BCUT2D eigenvalue weighted by atomic mass is 16.6. The molecule has 0 radical (unpaired) electrons. The molecule has 24 heavy (non-hydrogen) atoms. The molecule has 0 spiro atoms. The number of carbonyl (C=O) groups is 1. The van der Waals surface area contributed by atoms with Crippen molar-refractivity contribution in [2.24, 2.45) is 0 Å². The van der Waals surface area contributed by atoms with Gasteiger partial charge in [-0.3, -0.25) is 10.1 Å². The summed E-state index contributed by atoms with van der Waals surface area (Å²) in [5, 5.41) is 22.7. The Bertz CT molecular complexity index is 686. The standard InChI is InChI=1S/C14H13N3O5.C2H6/c1-15-13-12(3-2-4-16-13)22-8-9-5-10(14(18)19)7-11(6-9)17(20)21;1-2/h2-7H,8H2,1H3,(H,15,16)(H,18,19);1-2H3. The minimum atomic E-state index is -1.23. The van der Waals surface area contributed by atoms with E-state index < -0.39 is 10.9 Å². The van der Waals surface area contributed by atoms with Gasteiger partial charge in [-0.1, -0.05) is 13.8 Å². The summed E-state index contributed by atoms with van der Waals surface area (Å²) in [4.78, 5) is 25.3. The quantitative estimate of drug-likeness (QED) is 0.615. The van der Waals surface area contributed by atoms with Crippen molar-refractivity contribution in [1.82, 2.24) is 4.98 Å². The summed E-state index contributed by atoms with van der Waals surface area (Å²) in [5.41, 5.74) is -0.0659. The van der Waals surface area contributed by atoms with E-state index in [0.717, 1.165) is 6.07 Å². The first-order valence-corrected chi connectivity index (χ1v) is 7.28. The van der Waals surface area contributed by atoms with Crippen LogP contribution in [0.5, 0.6) is 5.75 Å². The predicted octanol–water partition coefficient (Wildman–Crippen LogP) is 3.33. The van der Waals surface area contributed by atoms with Crippen molar-refractivity contribution < 1.29 is 19.6 Å². The van der Waals surface area contributed by atoms with E-state index in [9.17, 15) is 14.9 Å². The van der Waals surface area contributed by atoms with E-state index in [4.69, 9.17) is 9.84 Å². The molecule has 0 unspecified atom stereocenters. The number of benzene rings is 1. The Morgan fingerprint density at radius 1 is 1.38 bits per heavy atom. The monoisotopic (exact) mass is 333 g/mol. The van der Waals surface area contributed by atoms with E-state index >= 15 is 0 Å². The number of aromatic carboxylic acids is 1. The Labute approximate surface area is 139 Å². The number of hydrogen-bond acceptors (Lipinski definition) is 6. The molecule has 0 atom stereocenters. The van der Waals surface area contributed by atoms with E-state index in [0.29, 0.717) is 17.1 Å². The normalized spacial score (nSPS) is 9.46. The highest BCUT2D eigenvalue weighted by Gasteiger charge is 2.14. The summed E-state index contributed by atoms with van der Waals surface area (Å²) in [6, 6.07) is 7.00. The number of rotatable bonds is 6. The molecular formula is C16H19N3O5. The zero-order valence-corrected chi connectivity index (χ0v) is 13.6. The van der Waals surface area contributed by atoms with Crippen molar-refractivity contribution in [3.63, 3.8) is 0 Å². The van der Waals surface area contributed by atoms with Gasteiger partial charge in [0.15, 0.2) is 11.6 Å². The Hall–Kier alpha value is -3.16. The van der Waals surface area contributed by atoms with Crippen LogP contribution in [0.3, 0.4) is 0 Å². The molecule has 0 amide bonds. The molecule has 0 aliphatic carbocycles. The average Bonchev–Trinajstić information content (AvgIpc) is 2.61. The van der Waals surface area contributed by atoms with Crippen LogP contribution in [0.15, 0.2) is 36.5 Å². The van der Waals surface area contributed by atoms with Gasteiger partial charge in [0.1, 0.15) is 6.61 Å². The van der Waals surface area contributed by atoms with Crippen LogP contribution in [0.1, 0.15) is 29.8 Å². The van der Waals surface area contributed by atoms with Gasteiger partial charge in [0.2, 0.25) is 0 Å². The number of nitrogens with one attached hydrogen (secondary N) is 1. The van der Waals surface area contributed by atoms with Crippen molar-refractivity contribution in [3.8, 4) is 5.75 Å². The molecule has 8 heteroatoms. The van der Waals surface area contributed by atoms with Crippen LogP contribution < -0.4 is 10.1 Å². The van der Waals surface area contributed by atoms with Gasteiger partial charge in [0.25, 0.3) is 5.69 Å². The lowest BCUT2D eigenvalue weighted by Crippen LogP contribution is -2.04. The number of aromatic nitrogens is 1. The fourth-order valence-corrected chi connectivity index (χ4v) is 1.84. The van der Waals surface area contributed by atoms with Gasteiger partial charge < -0.3 is 15.2 Å². The first-order valence-electron chi connectivity index (χ1n) is 7.28. The van der Waals surface area contributed by atoms with Crippen LogP contribution in [-0.2, 0) is 6.61 Å². The maximum Gasteiger partial charge on any atom is 0.335 e. The summed E-state index contributed by atoms with van der Waals surface area (Å²) >= 11 is 0. The lowest BCUT2D eigenvalue weighted by Gasteiger charge is -2.10. The number of anilines is 1. The van der Waals surface area contributed by atoms with E-state index in [2.05, 4.69) is 10.3 Å². The first-order chi connectivity index (χ1) is 11.5. The molecule has 0 saturated heterocycles. The van der Waals surface area contributed by atoms with Crippen LogP contribution >= 0.6 is 0 Å². The molecule has 0 bridgehead atoms. The van der Waals surface area contributed by atoms with Gasteiger partial charge >= 0.3 is 5.97 Å². The summed E-state index contributed by atoms with van der Waals surface area (Å²) in [5.74, 6) is -0.248. The minimum Gasteiger partial charge on any atom is -0.485 e. The van der Waals surface area contributed by atoms with Crippen molar-refractivity contribution in [1.29, 1.82) is 0 Å². The fourth-order valence-electron chi connectivity index (χ4n) is 1.84. The summed E-state index contributed by atoms with van der Waals surface area (Å²) in [6.07, 6.45) is 1.59. The second-order valence-corrected chi connectivity index (χ2v) is 4.34. The third kappa shape index (κ3) is 4.94. The van der Waals surface area contributed by atoms with Gasteiger partial charge in [-0.15, -0.1) is 0 Å². The lowest BCUT2D eigenvalue weighted by atomic mass is 10.1. The van der Waals surface area contributed by atoms with Crippen LogP contribution in [0, 0.1) is 10.1 Å². The Balaban J connectivity index is 0.00000139. The molecule has 0 aliphatic heterocycles. The largest absolute Gasteiger partial charge is 0.485 e. The molecule has 8 nitrogen and oxygen atoms in total. The van der Waals surface area contributed by atoms with Gasteiger partial charge in [-0.25, -0.2) is 9.78 Å². The van der Waals surface area contributed by atoms with Crippen molar-refractivity contribution in [2.75, 3.05) is 12.4 Å². The number of nitrogens with zero attached hydrogens (tertiary/aromatic N) is 2. The maximum atomic E-state index is 11.0. The summed E-state index contributed by atoms with van der Waals surface area (Å²) < 4.78 is 5.54. The Kier molecular flexibility index (Phi) is 7.15. The van der Waals surface area contributed by atoms with Gasteiger partial charge in [-0.2, -0.15) is 0 Å². The molecule has 1 aromatic heterocycles. The summed E-state index contributed by atoms with van der Waals surface area (Å²) in [6.45, 7) is 3.99. The van der Waals surface area contributed by atoms with E-state index in [1.54, 1.807) is 25.4 Å². The number of carboxylic acid groups (broad SMARTS) is 1. The SMILES string of the molecule is CC.CNc1ncccc1OCc1cc(C(=O)O)cc([N+](=O)[O-])c1. The number of non-ortho nitro benzene ring substituents is 1. The van der Waals surface area contributed by atoms with Crippen LogP contribution in [0.25, 0.3) is 0 Å². The van der Waals surface area contributed by atoms with E-state index in [1.807, 2.05) is 13.8 Å². The predicted molar refractivity (Wildman–Crippen MR) is 89.5 cm³/mol. The number of hydrogen-bond donors (Lipinski definition) is 2. The topological polar surface area (TPSA) is 115 Å². The van der Waals surface area contributed by atoms with Crippen molar-refractivity contribution in [2.45, 2.75) is 20.5 Å². The molecule has 1 aromatic carbocycles. The molecule has 2 rings (SSSR count). The molecule has 2 aromatic rings. The van der Waals surface area contributed by atoms with Gasteiger partial charge in [-0.05, 0) is 23.8 Å². The zero-order chi connectivity index (χ0) is 18.1. The highest BCUT2D eigenvalue weighted by Crippen LogP contribution is 2.23. The second-order valence-electron chi connectivity index (χ2n) is 4.34. The van der Waals surface area contributed by atoms with Gasteiger partial charge in [0, 0.05) is 25.4 Å². The fraction of sp³-hybridized carbons (Fsp3) is 0.250. The lowest BCUT2D eigenvalue weighted by molar-refractivity contribution is -0.385. The highest BCUT2D eigenvalue weighted by molar-refractivity contribution is 5.88. The minimum absolute atomic E-state index is 0.0116. The first kappa shape index (κ1) is 18.9. The molecule has 1 heterocycles. The average molecular weight is 333 g/mol. The molecule has 128 valence electrons. The number of pyridine rings is 1. The Morgan fingerprint density at radius 3 is 2.67 bits per heavy atom. The van der Waals surface area contributed by atoms with Crippen LogP contribution in [0.4, 0.5) is 11.5 Å². The molecular weight excluding hydrogens is 314 g/mol. The van der Waals surface area contributed by atoms with Crippen molar-refractivity contribution >= 4 is 17.5 Å².